The molecule has 0 fully saturated rings. The summed E-state index contributed by atoms with van der Waals surface area (Å²) in [6, 6.07) is -0.741. The number of hydrogen-bond donors (Lipinski definition) is 3. The lowest BCUT2D eigenvalue weighted by Crippen LogP contribution is -2.41. The van der Waals surface area contributed by atoms with Crippen LogP contribution in [0.5, 0.6) is 0 Å². The van der Waals surface area contributed by atoms with E-state index in [1.165, 1.54) is 38.5 Å². The predicted molar refractivity (Wildman–Crippen MR) is 145 cm³/mol. The molecule has 0 aliphatic carbocycles. The third-order valence-electron chi connectivity index (χ3n) is 6.83. The Kier molecular flexibility index (Phi) is 21.5. The van der Waals surface area contributed by atoms with Gasteiger partial charge in [-0.3, -0.25) is 9.59 Å². The minimum absolute atomic E-state index is 0.100. The number of amides is 1. The Hall–Kier alpha value is -1.63. The molecule has 0 aromatic carbocycles. The molecule has 0 spiro atoms. The third-order valence-corrected chi connectivity index (χ3v) is 6.83. The van der Waals surface area contributed by atoms with Crippen molar-refractivity contribution in [1.82, 2.24) is 5.32 Å². The van der Waals surface area contributed by atoms with E-state index in [0.717, 1.165) is 44.9 Å². The van der Waals surface area contributed by atoms with Gasteiger partial charge in [0.25, 0.3) is 0 Å². The maximum absolute atomic E-state index is 12.8. The van der Waals surface area contributed by atoms with Crippen LogP contribution in [0, 0.1) is 11.8 Å². The number of aliphatic hydroxyl groups is 1. The first-order valence-electron chi connectivity index (χ1n) is 14.6. The summed E-state index contributed by atoms with van der Waals surface area (Å²) in [6.07, 6.45) is 14.7. The van der Waals surface area contributed by atoms with Crippen LogP contribution >= 0.6 is 0 Å². The number of carboxylic acid groups (broad SMARTS) is 1. The number of aliphatic carboxylic acids is 1. The SMILES string of the molecule is CCCCCCCCCCC[C@H](C[C@H](O)[C@@H](CCCCCC)C(=O)O)OC(=O)[C@@H](CC(C)C)NC=O. The number of carboxylic acids is 1. The van der Waals surface area contributed by atoms with Crippen LogP contribution in [0.3, 0.4) is 0 Å². The van der Waals surface area contributed by atoms with Crippen molar-refractivity contribution in [1.29, 1.82) is 0 Å². The van der Waals surface area contributed by atoms with Crippen molar-refractivity contribution in [2.75, 3.05) is 0 Å². The van der Waals surface area contributed by atoms with Gasteiger partial charge < -0.3 is 20.3 Å². The maximum atomic E-state index is 12.8. The molecule has 36 heavy (non-hydrogen) atoms. The Morgan fingerprint density at radius 1 is 0.806 bits per heavy atom. The second kappa shape index (κ2) is 22.6. The van der Waals surface area contributed by atoms with Crippen molar-refractivity contribution in [3.05, 3.63) is 0 Å². The van der Waals surface area contributed by atoms with Gasteiger partial charge in [-0.15, -0.1) is 0 Å². The van der Waals surface area contributed by atoms with Crippen molar-refractivity contribution >= 4 is 18.3 Å². The van der Waals surface area contributed by atoms with Crippen molar-refractivity contribution in [3.8, 4) is 0 Å². The second-order valence-electron chi connectivity index (χ2n) is 10.7. The fourth-order valence-corrected chi connectivity index (χ4v) is 4.64. The van der Waals surface area contributed by atoms with Gasteiger partial charge in [0.1, 0.15) is 12.1 Å². The van der Waals surface area contributed by atoms with Gasteiger partial charge in [-0.25, -0.2) is 4.79 Å². The maximum Gasteiger partial charge on any atom is 0.328 e. The molecule has 7 heteroatoms. The van der Waals surface area contributed by atoms with E-state index in [2.05, 4.69) is 19.2 Å². The number of aliphatic hydroxyl groups excluding tert-OH is 1. The number of esters is 1. The molecule has 0 aliphatic rings. The fourth-order valence-electron chi connectivity index (χ4n) is 4.64. The Morgan fingerprint density at radius 2 is 1.31 bits per heavy atom. The van der Waals surface area contributed by atoms with Gasteiger partial charge in [0.15, 0.2) is 0 Å². The molecule has 0 unspecified atom stereocenters. The number of carbonyl (C=O) groups is 3. The molecule has 7 nitrogen and oxygen atoms in total. The highest BCUT2D eigenvalue weighted by molar-refractivity contribution is 5.78. The molecular weight excluding hydrogens is 458 g/mol. The molecule has 0 bridgehead atoms. The first kappa shape index (κ1) is 34.4. The summed E-state index contributed by atoms with van der Waals surface area (Å²) in [6.45, 7) is 8.24. The molecule has 0 aromatic heterocycles. The summed E-state index contributed by atoms with van der Waals surface area (Å²) in [4.78, 5) is 35.7. The van der Waals surface area contributed by atoms with Gasteiger partial charge in [-0.2, -0.15) is 0 Å². The standard InChI is InChI=1S/C29H55NO6/c1-5-7-9-11-12-13-14-15-16-18-24(36-29(35)26(30-22-31)20-23(3)4)21-27(32)25(28(33)34)19-17-10-8-6-2/h22-27,32H,5-21H2,1-4H3,(H,30,31)(H,33,34)/t24-,25-,26-,27+/m1/s1. The summed E-state index contributed by atoms with van der Waals surface area (Å²) in [5.41, 5.74) is 0. The molecule has 0 rings (SSSR count). The number of nitrogens with one attached hydrogen (secondary N) is 1. The van der Waals surface area contributed by atoms with Crippen LogP contribution in [0.4, 0.5) is 0 Å². The average molecular weight is 514 g/mol. The number of unbranched alkanes of at least 4 members (excludes halogenated alkanes) is 11. The number of rotatable bonds is 25. The Labute approximate surface area is 220 Å². The molecule has 0 saturated heterocycles. The molecule has 0 radical (unpaired) electrons. The van der Waals surface area contributed by atoms with Crippen molar-refractivity contribution < 1.29 is 29.3 Å². The van der Waals surface area contributed by atoms with Crippen molar-refractivity contribution in [2.24, 2.45) is 11.8 Å². The molecule has 0 saturated carbocycles. The largest absolute Gasteiger partial charge is 0.481 e. The van der Waals surface area contributed by atoms with E-state index in [1.807, 2.05) is 13.8 Å². The molecule has 4 atom stereocenters. The lowest BCUT2D eigenvalue weighted by Gasteiger charge is -2.26. The molecule has 3 N–H and O–H groups in total. The van der Waals surface area contributed by atoms with Crippen molar-refractivity contribution in [3.63, 3.8) is 0 Å². The lowest BCUT2D eigenvalue weighted by molar-refractivity contribution is -0.156. The zero-order valence-electron chi connectivity index (χ0n) is 23.5. The number of hydrogen-bond acceptors (Lipinski definition) is 5. The minimum atomic E-state index is -1.08. The van der Waals surface area contributed by atoms with Gasteiger partial charge in [0.2, 0.25) is 6.41 Å². The summed E-state index contributed by atoms with van der Waals surface area (Å²) in [5.74, 6) is -2.20. The van der Waals surface area contributed by atoms with Crippen LogP contribution in [0.1, 0.15) is 137 Å². The zero-order valence-corrected chi connectivity index (χ0v) is 23.5. The molecule has 0 aromatic rings. The van der Waals surface area contributed by atoms with E-state index in [-0.39, 0.29) is 12.3 Å². The number of ether oxygens (including phenoxy) is 1. The molecule has 0 heterocycles. The van der Waals surface area contributed by atoms with Crippen molar-refractivity contribution in [2.45, 2.75) is 155 Å². The molecule has 0 aliphatic heterocycles. The molecule has 1 amide bonds. The van der Waals surface area contributed by atoms with E-state index in [4.69, 9.17) is 4.74 Å². The summed E-state index contributed by atoms with van der Waals surface area (Å²) in [5, 5.41) is 23.0. The Bertz CT molecular complexity index is 568. The Balaban J connectivity index is 4.99. The third kappa shape index (κ3) is 17.7. The van der Waals surface area contributed by atoms with Crippen LogP contribution in [0.25, 0.3) is 0 Å². The molecule has 212 valence electrons. The lowest BCUT2D eigenvalue weighted by atomic mass is 9.90. The smallest absolute Gasteiger partial charge is 0.328 e. The first-order chi connectivity index (χ1) is 17.3. The minimum Gasteiger partial charge on any atom is -0.481 e. The van der Waals surface area contributed by atoms with Crippen LogP contribution in [0.15, 0.2) is 0 Å². The van der Waals surface area contributed by atoms with E-state index in [0.29, 0.717) is 25.7 Å². The van der Waals surface area contributed by atoms with Crippen LogP contribution in [0.2, 0.25) is 0 Å². The van der Waals surface area contributed by atoms with Gasteiger partial charge in [0, 0.05) is 6.42 Å². The van der Waals surface area contributed by atoms with E-state index in [1.54, 1.807) is 0 Å². The Morgan fingerprint density at radius 3 is 1.81 bits per heavy atom. The monoisotopic (exact) mass is 513 g/mol. The van der Waals surface area contributed by atoms with Gasteiger partial charge >= 0.3 is 11.9 Å². The number of carbonyl (C=O) groups excluding carboxylic acids is 2. The van der Waals surface area contributed by atoms with E-state index in [9.17, 15) is 24.6 Å². The van der Waals surface area contributed by atoms with Crippen LogP contribution in [-0.2, 0) is 19.1 Å². The second-order valence-corrected chi connectivity index (χ2v) is 10.7. The van der Waals surface area contributed by atoms with Gasteiger partial charge in [-0.05, 0) is 31.6 Å². The summed E-state index contributed by atoms with van der Waals surface area (Å²) >= 11 is 0. The van der Waals surface area contributed by atoms with E-state index >= 15 is 0 Å². The average Bonchev–Trinajstić information content (AvgIpc) is 2.81. The summed E-state index contributed by atoms with van der Waals surface area (Å²) in [7, 11) is 0. The van der Waals surface area contributed by atoms with Gasteiger partial charge in [-0.1, -0.05) is 105 Å². The highest BCUT2D eigenvalue weighted by Crippen LogP contribution is 2.23. The first-order valence-corrected chi connectivity index (χ1v) is 14.6. The topological polar surface area (TPSA) is 113 Å². The van der Waals surface area contributed by atoms with E-state index < -0.39 is 36.1 Å². The molecular formula is C29H55NO6. The normalized spacial score (nSPS) is 14.7. The summed E-state index contributed by atoms with van der Waals surface area (Å²) < 4.78 is 5.77. The fraction of sp³-hybridized carbons (Fsp3) is 0.897. The quantitative estimate of drug-likeness (QED) is 0.0739. The highest BCUT2D eigenvalue weighted by Gasteiger charge is 2.31. The van der Waals surface area contributed by atoms with Crippen LogP contribution < -0.4 is 5.32 Å². The zero-order chi connectivity index (χ0) is 27.2. The highest BCUT2D eigenvalue weighted by atomic mass is 16.5. The van der Waals surface area contributed by atoms with Gasteiger partial charge in [0.05, 0.1) is 12.0 Å². The van der Waals surface area contributed by atoms with Crippen LogP contribution in [-0.4, -0.2) is 46.8 Å². The predicted octanol–water partition coefficient (Wildman–Crippen LogP) is 6.40.